The molecule has 110 valence electrons. The van der Waals surface area contributed by atoms with Crippen molar-refractivity contribution in [2.24, 2.45) is 0 Å². The fourth-order valence-corrected chi connectivity index (χ4v) is 2.22. The van der Waals surface area contributed by atoms with Crippen LogP contribution in [0.15, 0.2) is 36.4 Å². The average Bonchev–Trinajstić information content (AvgIpc) is 2.38. The molecule has 0 aromatic heterocycles. The van der Waals surface area contributed by atoms with Gasteiger partial charge in [0.15, 0.2) is 0 Å². The molecule has 2 aromatic rings. The highest BCUT2D eigenvalue weighted by atomic mass is 16.5. The average molecular weight is 284 g/mol. The number of aryl methyl sites for hydroxylation is 2. The van der Waals surface area contributed by atoms with E-state index in [4.69, 9.17) is 4.74 Å². The first-order valence-corrected chi connectivity index (χ1v) is 7.01. The van der Waals surface area contributed by atoms with Gasteiger partial charge in [-0.3, -0.25) is 0 Å². The monoisotopic (exact) mass is 284 g/mol. The van der Waals surface area contributed by atoms with Crippen molar-refractivity contribution in [3.8, 4) is 11.5 Å². The Labute approximate surface area is 125 Å². The summed E-state index contributed by atoms with van der Waals surface area (Å²) in [6.45, 7) is 8.08. The van der Waals surface area contributed by atoms with Crippen molar-refractivity contribution in [2.75, 3.05) is 0 Å². The molecule has 21 heavy (non-hydrogen) atoms. The van der Waals surface area contributed by atoms with E-state index in [1.54, 1.807) is 18.2 Å². The van der Waals surface area contributed by atoms with Crippen LogP contribution in [0.25, 0.3) is 0 Å². The van der Waals surface area contributed by atoms with Crippen molar-refractivity contribution in [1.29, 1.82) is 0 Å². The van der Waals surface area contributed by atoms with Crippen LogP contribution in [-0.4, -0.2) is 11.1 Å². The van der Waals surface area contributed by atoms with Gasteiger partial charge in [0, 0.05) is 0 Å². The third-order valence-electron chi connectivity index (χ3n) is 3.38. The molecule has 0 aliphatic rings. The SMILES string of the molecule is Cc1ccc(C(=O)O)c(Oc2cc(C)ccc2C(C)C)c1. The smallest absolute Gasteiger partial charge is 0.339 e. The molecule has 0 aliphatic heterocycles. The Balaban J connectivity index is 2.49. The number of aromatic carboxylic acids is 1. The van der Waals surface area contributed by atoms with Crippen LogP contribution in [0.5, 0.6) is 11.5 Å². The molecule has 2 aromatic carbocycles. The highest BCUT2D eigenvalue weighted by molar-refractivity contribution is 5.91. The molecule has 2 rings (SSSR count). The molecule has 0 heterocycles. The number of hydrogen-bond acceptors (Lipinski definition) is 2. The highest BCUT2D eigenvalue weighted by Crippen LogP contribution is 2.33. The first kappa shape index (κ1) is 15.1. The van der Waals surface area contributed by atoms with E-state index in [2.05, 4.69) is 13.8 Å². The van der Waals surface area contributed by atoms with Crippen LogP contribution in [0.4, 0.5) is 0 Å². The lowest BCUT2D eigenvalue weighted by Gasteiger charge is -2.16. The van der Waals surface area contributed by atoms with Crippen LogP contribution in [0.3, 0.4) is 0 Å². The van der Waals surface area contributed by atoms with Gasteiger partial charge >= 0.3 is 5.97 Å². The Kier molecular flexibility index (Phi) is 4.32. The van der Waals surface area contributed by atoms with E-state index in [9.17, 15) is 9.90 Å². The van der Waals surface area contributed by atoms with Crippen molar-refractivity contribution >= 4 is 5.97 Å². The molecule has 0 fully saturated rings. The standard InChI is InChI=1S/C18H20O3/c1-11(2)14-7-5-12(3)9-16(14)21-17-10-13(4)6-8-15(17)18(19)20/h5-11H,1-4H3,(H,19,20). The fraction of sp³-hybridized carbons (Fsp3) is 0.278. The Bertz CT molecular complexity index is 672. The van der Waals surface area contributed by atoms with Crippen molar-refractivity contribution < 1.29 is 14.6 Å². The Morgan fingerprint density at radius 3 is 2.14 bits per heavy atom. The Morgan fingerprint density at radius 1 is 1.00 bits per heavy atom. The van der Waals surface area contributed by atoms with Crippen LogP contribution < -0.4 is 4.74 Å². The summed E-state index contributed by atoms with van der Waals surface area (Å²) in [6, 6.07) is 11.1. The molecule has 0 aliphatic carbocycles. The van der Waals surface area contributed by atoms with E-state index in [1.807, 2.05) is 32.0 Å². The van der Waals surface area contributed by atoms with Gasteiger partial charge in [-0.25, -0.2) is 4.79 Å². The molecular formula is C18H20O3. The second kappa shape index (κ2) is 6.00. The van der Waals surface area contributed by atoms with E-state index < -0.39 is 5.97 Å². The minimum atomic E-state index is -0.983. The van der Waals surface area contributed by atoms with Gasteiger partial charge in [0.2, 0.25) is 0 Å². The maximum Gasteiger partial charge on any atom is 0.339 e. The molecule has 0 atom stereocenters. The molecule has 3 heteroatoms. The summed E-state index contributed by atoms with van der Waals surface area (Å²) in [7, 11) is 0. The summed E-state index contributed by atoms with van der Waals surface area (Å²) in [4.78, 5) is 11.3. The van der Waals surface area contributed by atoms with Crippen molar-refractivity contribution in [3.05, 3.63) is 58.7 Å². The predicted molar refractivity (Wildman–Crippen MR) is 83.5 cm³/mol. The summed E-state index contributed by atoms with van der Waals surface area (Å²) in [5.41, 5.74) is 3.29. The van der Waals surface area contributed by atoms with E-state index in [-0.39, 0.29) is 5.56 Å². The number of hydrogen-bond donors (Lipinski definition) is 1. The maximum absolute atomic E-state index is 11.3. The van der Waals surface area contributed by atoms with E-state index in [1.165, 1.54) is 0 Å². The Hall–Kier alpha value is -2.29. The summed E-state index contributed by atoms with van der Waals surface area (Å²) >= 11 is 0. The van der Waals surface area contributed by atoms with Crippen molar-refractivity contribution in [1.82, 2.24) is 0 Å². The summed E-state index contributed by atoms with van der Waals surface area (Å²) in [5, 5.41) is 9.29. The van der Waals surface area contributed by atoms with Gasteiger partial charge in [-0.15, -0.1) is 0 Å². The van der Waals surface area contributed by atoms with E-state index in [0.29, 0.717) is 11.7 Å². The lowest BCUT2D eigenvalue weighted by molar-refractivity contribution is 0.0694. The lowest BCUT2D eigenvalue weighted by atomic mass is 10.0. The number of carboxylic acid groups (broad SMARTS) is 1. The molecule has 0 unspecified atom stereocenters. The minimum absolute atomic E-state index is 0.178. The fourth-order valence-electron chi connectivity index (χ4n) is 2.22. The van der Waals surface area contributed by atoms with Crippen LogP contribution in [0, 0.1) is 13.8 Å². The van der Waals surface area contributed by atoms with Gasteiger partial charge < -0.3 is 9.84 Å². The van der Waals surface area contributed by atoms with Crippen LogP contribution in [0.1, 0.15) is 46.8 Å². The third kappa shape index (κ3) is 3.43. The second-order valence-corrected chi connectivity index (χ2v) is 5.60. The van der Waals surface area contributed by atoms with Crippen molar-refractivity contribution in [3.63, 3.8) is 0 Å². The molecule has 0 saturated carbocycles. The summed E-state index contributed by atoms with van der Waals surface area (Å²) in [5.74, 6) is 0.426. The second-order valence-electron chi connectivity index (χ2n) is 5.60. The number of rotatable bonds is 4. The Morgan fingerprint density at radius 2 is 1.57 bits per heavy atom. The first-order valence-electron chi connectivity index (χ1n) is 7.01. The molecule has 3 nitrogen and oxygen atoms in total. The molecule has 1 N–H and O–H groups in total. The zero-order chi connectivity index (χ0) is 15.6. The van der Waals surface area contributed by atoms with E-state index in [0.717, 1.165) is 22.4 Å². The van der Waals surface area contributed by atoms with Crippen molar-refractivity contribution in [2.45, 2.75) is 33.6 Å². The zero-order valence-corrected chi connectivity index (χ0v) is 12.8. The van der Waals surface area contributed by atoms with Gasteiger partial charge in [-0.2, -0.15) is 0 Å². The molecule has 0 amide bonds. The molecule has 0 radical (unpaired) electrons. The van der Waals surface area contributed by atoms with E-state index >= 15 is 0 Å². The van der Waals surface area contributed by atoms with Gasteiger partial charge in [0.05, 0.1) is 0 Å². The molecular weight excluding hydrogens is 264 g/mol. The quantitative estimate of drug-likeness (QED) is 0.867. The first-order chi connectivity index (χ1) is 9.88. The van der Waals surface area contributed by atoms with Crippen LogP contribution >= 0.6 is 0 Å². The molecule has 0 saturated heterocycles. The maximum atomic E-state index is 11.3. The number of carboxylic acids is 1. The molecule has 0 spiro atoms. The number of ether oxygens (including phenoxy) is 1. The van der Waals surface area contributed by atoms with Gasteiger partial charge in [-0.1, -0.05) is 32.0 Å². The van der Waals surface area contributed by atoms with Crippen LogP contribution in [0.2, 0.25) is 0 Å². The predicted octanol–water partition coefficient (Wildman–Crippen LogP) is 4.92. The van der Waals surface area contributed by atoms with Crippen LogP contribution in [-0.2, 0) is 0 Å². The third-order valence-corrected chi connectivity index (χ3v) is 3.38. The molecule has 0 bridgehead atoms. The van der Waals surface area contributed by atoms with Gasteiger partial charge in [0.1, 0.15) is 17.1 Å². The minimum Gasteiger partial charge on any atom is -0.478 e. The largest absolute Gasteiger partial charge is 0.478 e. The van der Waals surface area contributed by atoms with Gasteiger partial charge in [0.25, 0.3) is 0 Å². The zero-order valence-electron chi connectivity index (χ0n) is 12.8. The summed E-state index contributed by atoms with van der Waals surface area (Å²) < 4.78 is 5.94. The summed E-state index contributed by atoms with van der Waals surface area (Å²) in [6.07, 6.45) is 0. The highest BCUT2D eigenvalue weighted by Gasteiger charge is 2.15. The van der Waals surface area contributed by atoms with Gasteiger partial charge in [-0.05, 0) is 54.7 Å². The normalized spacial score (nSPS) is 10.7. The lowest BCUT2D eigenvalue weighted by Crippen LogP contribution is -2.02. The number of benzene rings is 2. The topological polar surface area (TPSA) is 46.5 Å². The number of carbonyl (C=O) groups is 1.